The van der Waals surface area contributed by atoms with Crippen molar-refractivity contribution in [1.82, 2.24) is 0 Å². The van der Waals surface area contributed by atoms with Crippen molar-refractivity contribution >= 4 is 12.3 Å². The number of carboxylic acids is 1. The Morgan fingerprint density at radius 1 is 1.58 bits per heavy atom. The van der Waals surface area contributed by atoms with Crippen molar-refractivity contribution in [3.8, 4) is 0 Å². The lowest BCUT2D eigenvalue weighted by Crippen LogP contribution is -2.24. The molecule has 1 aliphatic rings. The minimum absolute atomic E-state index is 0.0694. The second-order valence-corrected chi connectivity index (χ2v) is 3.53. The fourth-order valence-electron chi connectivity index (χ4n) is 2.03. The number of aliphatic carboxylic acids is 1. The van der Waals surface area contributed by atoms with Crippen molar-refractivity contribution in [3.05, 3.63) is 0 Å². The fourth-order valence-corrected chi connectivity index (χ4v) is 2.03. The Morgan fingerprint density at radius 2 is 2.25 bits per heavy atom. The Labute approximate surface area is 71.8 Å². The van der Waals surface area contributed by atoms with Crippen molar-refractivity contribution < 1.29 is 14.7 Å². The number of carbonyl (C=O) groups is 2. The highest BCUT2D eigenvalue weighted by Gasteiger charge is 2.35. The summed E-state index contributed by atoms with van der Waals surface area (Å²) in [4.78, 5) is 21.2. The standard InChI is InChI=1S/C9H14O3/c1-6(5-10)7-3-2-4-8(7)9(11)12/h5-8H,2-4H2,1H3,(H,11,12)/t6-,7-,8-/m0/s1. The van der Waals surface area contributed by atoms with Gasteiger partial charge in [0.2, 0.25) is 0 Å². The van der Waals surface area contributed by atoms with Crippen molar-refractivity contribution in [2.75, 3.05) is 0 Å². The van der Waals surface area contributed by atoms with E-state index < -0.39 is 5.97 Å². The zero-order valence-electron chi connectivity index (χ0n) is 7.19. The number of aldehydes is 1. The minimum Gasteiger partial charge on any atom is -0.481 e. The highest BCUT2D eigenvalue weighted by Crippen LogP contribution is 2.36. The number of carboxylic acid groups (broad SMARTS) is 1. The van der Waals surface area contributed by atoms with Crippen LogP contribution in [-0.4, -0.2) is 17.4 Å². The molecule has 1 aliphatic carbocycles. The predicted molar refractivity (Wildman–Crippen MR) is 43.7 cm³/mol. The molecule has 0 radical (unpaired) electrons. The van der Waals surface area contributed by atoms with E-state index in [4.69, 9.17) is 5.11 Å². The molecule has 0 heterocycles. The van der Waals surface area contributed by atoms with Gasteiger partial charge in [-0.05, 0) is 18.8 Å². The third-order valence-corrected chi connectivity index (χ3v) is 2.78. The van der Waals surface area contributed by atoms with E-state index in [2.05, 4.69) is 0 Å². The highest BCUT2D eigenvalue weighted by molar-refractivity contribution is 5.71. The lowest BCUT2D eigenvalue weighted by molar-refractivity contribution is -0.143. The molecule has 1 saturated carbocycles. The normalized spacial score (nSPS) is 31.4. The van der Waals surface area contributed by atoms with E-state index in [1.807, 2.05) is 0 Å². The molecular weight excluding hydrogens is 156 g/mol. The largest absolute Gasteiger partial charge is 0.481 e. The third kappa shape index (κ3) is 1.65. The first-order valence-electron chi connectivity index (χ1n) is 4.35. The second-order valence-electron chi connectivity index (χ2n) is 3.53. The molecule has 3 nitrogen and oxygen atoms in total. The molecule has 0 aromatic carbocycles. The molecule has 68 valence electrons. The molecule has 0 bridgehead atoms. The van der Waals surface area contributed by atoms with Crippen LogP contribution in [0.1, 0.15) is 26.2 Å². The van der Waals surface area contributed by atoms with E-state index in [-0.39, 0.29) is 17.8 Å². The van der Waals surface area contributed by atoms with Gasteiger partial charge in [-0.3, -0.25) is 4.79 Å². The Hall–Kier alpha value is -0.860. The zero-order chi connectivity index (χ0) is 9.14. The molecular formula is C9H14O3. The van der Waals surface area contributed by atoms with Crippen LogP contribution in [0.25, 0.3) is 0 Å². The summed E-state index contributed by atoms with van der Waals surface area (Å²) >= 11 is 0. The van der Waals surface area contributed by atoms with Gasteiger partial charge in [-0.25, -0.2) is 0 Å². The quantitative estimate of drug-likeness (QED) is 0.650. The van der Waals surface area contributed by atoms with Crippen molar-refractivity contribution in [2.24, 2.45) is 17.8 Å². The smallest absolute Gasteiger partial charge is 0.306 e. The van der Waals surface area contributed by atoms with Gasteiger partial charge in [0, 0.05) is 5.92 Å². The average molecular weight is 170 g/mol. The predicted octanol–water partition coefficient (Wildman–Crippen LogP) is 1.32. The zero-order valence-corrected chi connectivity index (χ0v) is 7.19. The summed E-state index contributed by atoms with van der Waals surface area (Å²) in [7, 11) is 0. The molecule has 0 spiro atoms. The van der Waals surface area contributed by atoms with E-state index >= 15 is 0 Å². The molecule has 1 fully saturated rings. The topological polar surface area (TPSA) is 54.4 Å². The van der Waals surface area contributed by atoms with E-state index in [9.17, 15) is 9.59 Å². The fraction of sp³-hybridized carbons (Fsp3) is 0.778. The molecule has 3 atom stereocenters. The summed E-state index contributed by atoms with van der Waals surface area (Å²) < 4.78 is 0. The van der Waals surface area contributed by atoms with Crippen LogP contribution < -0.4 is 0 Å². The van der Waals surface area contributed by atoms with E-state index in [0.717, 1.165) is 25.5 Å². The maximum Gasteiger partial charge on any atom is 0.306 e. The minimum atomic E-state index is -0.744. The highest BCUT2D eigenvalue weighted by atomic mass is 16.4. The van der Waals surface area contributed by atoms with Crippen LogP contribution in [0.4, 0.5) is 0 Å². The Kier molecular flexibility index (Phi) is 2.84. The molecule has 0 unspecified atom stereocenters. The van der Waals surface area contributed by atoms with Gasteiger partial charge < -0.3 is 9.90 Å². The molecule has 12 heavy (non-hydrogen) atoms. The Morgan fingerprint density at radius 3 is 2.75 bits per heavy atom. The van der Waals surface area contributed by atoms with Crippen molar-refractivity contribution in [1.29, 1.82) is 0 Å². The molecule has 0 saturated heterocycles. The first kappa shape index (κ1) is 9.23. The average Bonchev–Trinajstić information content (AvgIpc) is 2.50. The van der Waals surface area contributed by atoms with Gasteiger partial charge in [0.05, 0.1) is 5.92 Å². The Bertz CT molecular complexity index is 188. The van der Waals surface area contributed by atoms with Gasteiger partial charge in [0.25, 0.3) is 0 Å². The van der Waals surface area contributed by atoms with Gasteiger partial charge in [-0.2, -0.15) is 0 Å². The summed E-state index contributed by atoms with van der Waals surface area (Å²) in [5.74, 6) is -1.06. The summed E-state index contributed by atoms with van der Waals surface area (Å²) in [5.41, 5.74) is 0. The SMILES string of the molecule is C[C@@H](C=O)[C@@H]1CCC[C@@H]1C(=O)O. The maximum absolute atomic E-state index is 10.7. The summed E-state index contributed by atoms with van der Waals surface area (Å²) in [6.45, 7) is 1.80. The molecule has 3 heteroatoms. The molecule has 0 aliphatic heterocycles. The first-order chi connectivity index (χ1) is 5.66. The molecule has 0 aromatic heterocycles. The molecule has 0 amide bonds. The Balaban J connectivity index is 2.63. The van der Waals surface area contributed by atoms with Crippen LogP contribution in [0.3, 0.4) is 0 Å². The van der Waals surface area contributed by atoms with E-state index in [1.54, 1.807) is 6.92 Å². The van der Waals surface area contributed by atoms with Gasteiger partial charge in [-0.15, -0.1) is 0 Å². The van der Waals surface area contributed by atoms with Crippen LogP contribution in [-0.2, 0) is 9.59 Å². The summed E-state index contributed by atoms with van der Waals surface area (Å²) in [5, 5.41) is 8.81. The van der Waals surface area contributed by atoms with Crippen LogP contribution >= 0.6 is 0 Å². The number of carbonyl (C=O) groups excluding carboxylic acids is 1. The molecule has 0 aromatic rings. The van der Waals surface area contributed by atoms with Gasteiger partial charge in [0.1, 0.15) is 6.29 Å². The van der Waals surface area contributed by atoms with E-state index in [0.29, 0.717) is 0 Å². The van der Waals surface area contributed by atoms with Crippen LogP contribution in [0.2, 0.25) is 0 Å². The summed E-state index contributed by atoms with van der Waals surface area (Å²) in [6, 6.07) is 0. The van der Waals surface area contributed by atoms with Crippen molar-refractivity contribution in [2.45, 2.75) is 26.2 Å². The number of hydrogen-bond donors (Lipinski definition) is 1. The monoisotopic (exact) mass is 170 g/mol. The van der Waals surface area contributed by atoms with Gasteiger partial charge >= 0.3 is 5.97 Å². The molecule has 1 rings (SSSR count). The summed E-state index contributed by atoms with van der Waals surface area (Å²) in [6.07, 6.45) is 3.43. The first-order valence-corrected chi connectivity index (χ1v) is 4.35. The van der Waals surface area contributed by atoms with E-state index in [1.165, 1.54) is 0 Å². The lowest BCUT2D eigenvalue weighted by atomic mass is 9.86. The second kappa shape index (κ2) is 3.70. The lowest BCUT2D eigenvalue weighted by Gasteiger charge is -2.17. The van der Waals surface area contributed by atoms with Crippen LogP contribution in [0.5, 0.6) is 0 Å². The van der Waals surface area contributed by atoms with Crippen LogP contribution in [0, 0.1) is 17.8 Å². The molecule has 1 N–H and O–H groups in total. The maximum atomic E-state index is 10.7. The van der Waals surface area contributed by atoms with Gasteiger partial charge in [-0.1, -0.05) is 13.3 Å². The van der Waals surface area contributed by atoms with Crippen molar-refractivity contribution in [3.63, 3.8) is 0 Å². The van der Waals surface area contributed by atoms with Gasteiger partial charge in [0.15, 0.2) is 0 Å². The number of rotatable bonds is 3. The third-order valence-electron chi connectivity index (χ3n) is 2.78. The number of hydrogen-bond acceptors (Lipinski definition) is 2. The van der Waals surface area contributed by atoms with Crippen LogP contribution in [0.15, 0.2) is 0 Å².